The molecular weight excluding hydrogens is 998 g/mol. The van der Waals surface area contributed by atoms with E-state index in [-0.39, 0.29) is 78.3 Å². The van der Waals surface area contributed by atoms with Crippen molar-refractivity contribution in [3.05, 3.63) is 61.7 Å². The molecule has 24 heteroatoms. The third-order valence-electron chi connectivity index (χ3n) is 13.8. The number of unbranched alkanes of at least 4 members (excludes halogenated alkanes) is 2. The van der Waals surface area contributed by atoms with E-state index in [2.05, 4.69) is 31.9 Å². The van der Waals surface area contributed by atoms with E-state index >= 15 is 4.39 Å². The van der Waals surface area contributed by atoms with Crippen LogP contribution in [0.25, 0.3) is 22.3 Å². The highest BCUT2D eigenvalue weighted by Gasteiger charge is 2.46. The van der Waals surface area contributed by atoms with Gasteiger partial charge in [0.2, 0.25) is 47.3 Å². The maximum absolute atomic E-state index is 15.3. The van der Waals surface area contributed by atoms with Crippen molar-refractivity contribution in [1.29, 1.82) is 0 Å². The zero-order chi connectivity index (χ0) is 54.5. The number of esters is 1. The smallest absolute Gasteiger partial charge is 0.343 e. The van der Waals surface area contributed by atoms with Crippen molar-refractivity contribution in [2.24, 2.45) is 5.92 Å². The Kier molecular flexibility index (Phi) is 17.8. The predicted molar refractivity (Wildman–Crippen MR) is 270 cm³/mol. The minimum atomic E-state index is -2.05. The Labute approximate surface area is 435 Å². The Morgan fingerprint density at radius 2 is 1.61 bits per heavy atom. The quantitative estimate of drug-likeness (QED) is 0.0236. The maximum Gasteiger partial charge on any atom is 0.343 e. The zero-order valence-corrected chi connectivity index (χ0v) is 43.6. The van der Waals surface area contributed by atoms with E-state index in [9.17, 15) is 53.1 Å². The number of benzene rings is 1. The van der Waals surface area contributed by atoms with Crippen LogP contribution in [0.3, 0.4) is 0 Å². The van der Waals surface area contributed by atoms with Gasteiger partial charge in [-0.15, -0.1) is 11.8 Å². The van der Waals surface area contributed by atoms with Crippen LogP contribution in [0.15, 0.2) is 16.9 Å². The molecule has 75 heavy (non-hydrogen) atoms. The standard InChI is InChI=1S/C51H64FN9O13S/c1-7-51(72)31-15-35-46-29(21-61(35)48(69)30(31)22-74-50(51)71)44-33(13-12-28-27(6)32(52)16-34(58-46)43(28)44)57-41(66)23-73-24-56-39(64)19-55-47(68)45(25(2)3)59-40(65)20-54-38(63)18-53-37(62)11-9-8-10-14-60-42(67)17-36(49(60)70)75-26(4)5/h15-16,25-26,33,36,45,72H,7-14,17-24H2,1-6H3,(H,53,62)(H,54,63)(H,55,68)(H,56,64)(H,57,66)(H,59,65)/t33-,36?,45-,51-/m0/s1. The van der Waals surface area contributed by atoms with E-state index in [1.165, 1.54) is 27.3 Å². The first-order valence-electron chi connectivity index (χ1n) is 25.2. The van der Waals surface area contributed by atoms with Crippen molar-refractivity contribution in [3.8, 4) is 11.4 Å². The van der Waals surface area contributed by atoms with Crippen molar-refractivity contribution in [2.75, 3.05) is 39.5 Å². The average Bonchev–Trinajstić information content (AvgIpc) is 3.87. The number of likely N-dealkylation sites (tertiary alicyclic amines) is 1. The molecule has 1 saturated heterocycles. The molecule has 4 aliphatic rings. The van der Waals surface area contributed by atoms with Gasteiger partial charge < -0.3 is 51.0 Å². The van der Waals surface area contributed by atoms with E-state index in [0.717, 1.165) is 5.56 Å². The molecule has 4 atom stereocenters. The van der Waals surface area contributed by atoms with Gasteiger partial charge in [0.15, 0.2) is 5.60 Å². The monoisotopic (exact) mass is 1060 g/mol. The molecule has 1 aliphatic carbocycles. The van der Waals surface area contributed by atoms with Crippen LogP contribution in [0.2, 0.25) is 0 Å². The van der Waals surface area contributed by atoms with Gasteiger partial charge in [0.05, 0.1) is 59.9 Å². The number of ether oxygens (including phenoxy) is 2. The highest BCUT2D eigenvalue weighted by molar-refractivity contribution is 8.01. The molecule has 5 heterocycles. The molecule has 1 fully saturated rings. The SMILES string of the molecule is CC[C@@]1(O)C(=O)OCc2c1cc1n(c2=O)Cc2c-1nc1cc(F)c(C)c3c1c2[C@@H](NC(=O)COCNC(=O)CNC(=O)[C@@H](NC(=O)CNC(=O)CNC(=O)CCCCCN1C(=O)CC(SC(C)C)C1=O)C(C)C)CC3. The van der Waals surface area contributed by atoms with Crippen LogP contribution in [0.5, 0.6) is 0 Å². The summed E-state index contributed by atoms with van der Waals surface area (Å²) < 4.78 is 27.5. The first kappa shape index (κ1) is 55.9. The number of nitrogens with zero attached hydrogens (tertiary/aromatic N) is 3. The van der Waals surface area contributed by atoms with E-state index in [1.54, 1.807) is 33.8 Å². The third-order valence-corrected chi connectivity index (χ3v) is 15.1. The molecule has 8 amide bonds. The summed E-state index contributed by atoms with van der Waals surface area (Å²) in [6, 6.07) is 1.17. The van der Waals surface area contributed by atoms with Crippen LogP contribution in [0.1, 0.15) is 119 Å². The molecule has 22 nitrogen and oxygen atoms in total. The summed E-state index contributed by atoms with van der Waals surface area (Å²) in [6.07, 6.45) is 2.68. The lowest BCUT2D eigenvalue weighted by Crippen LogP contribution is -2.53. The lowest BCUT2D eigenvalue weighted by molar-refractivity contribution is -0.172. The Bertz CT molecular complexity index is 2890. The van der Waals surface area contributed by atoms with Crippen LogP contribution in [-0.2, 0) is 77.8 Å². The summed E-state index contributed by atoms with van der Waals surface area (Å²) in [5.41, 5.74) is 1.19. The van der Waals surface area contributed by atoms with Gasteiger partial charge in [0.25, 0.3) is 5.56 Å². The normalized spacial score (nSPS) is 18.8. The number of nitrogens with one attached hydrogen (secondary N) is 6. The minimum Gasteiger partial charge on any atom is -0.458 e. The molecule has 1 unspecified atom stereocenters. The van der Waals surface area contributed by atoms with Crippen molar-refractivity contribution in [2.45, 2.75) is 134 Å². The van der Waals surface area contributed by atoms with Gasteiger partial charge in [0, 0.05) is 42.0 Å². The van der Waals surface area contributed by atoms with Crippen molar-refractivity contribution < 1.29 is 62.1 Å². The van der Waals surface area contributed by atoms with E-state index in [0.29, 0.717) is 77.6 Å². The Morgan fingerprint density at radius 3 is 2.33 bits per heavy atom. The number of pyridine rings is 2. The fraction of sp³-hybridized carbons (Fsp3) is 0.549. The number of imide groups is 1. The molecule has 0 saturated carbocycles. The predicted octanol–water partition coefficient (Wildman–Crippen LogP) is 1.04. The van der Waals surface area contributed by atoms with Gasteiger partial charge >= 0.3 is 5.97 Å². The second-order valence-electron chi connectivity index (χ2n) is 19.7. The largest absolute Gasteiger partial charge is 0.458 e. The summed E-state index contributed by atoms with van der Waals surface area (Å²) in [7, 11) is 0. The number of hydrogen-bond donors (Lipinski definition) is 7. The van der Waals surface area contributed by atoms with Gasteiger partial charge in [-0.25, -0.2) is 14.2 Å². The summed E-state index contributed by atoms with van der Waals surface area (Å²) >= 11 is 1.47. The summed E-state index contributed by atoms with van der Waals surface area (Å²) in [6.45, 7) is 8.32. The highest BCUT2D eigenvalue weighted by Crippen LogP contribution is 2.46. The number of hydrogen-bond acceptors (Lipinski definition) is 15. The van der Waals surface area contributed by atoms with Crippen molar-refractivity contribution in [1.82, 2.24) is 46.4 Å². The number of aryl methyl sites for hydroxylation is 1. The minimum absolute atomic E-state index is 0.0471. The van der Waals surface area contributed by atoms with Crippen LogP contribution in [-0.4, -0.2) is 129 Å². The Balaban J connectivity index is 0.827. The van der Waals surface area contributed by atoms with Gasteiger partial charge in [-0.1, -0.05) is 41.0 Å². The fourth-order valence-electron chi connectivity index (χ4n) is 9.87. The number of aromatic nitrogens is 2. The molecule has 1 aromatic carbocycles. The molecule has 3 aliphatic heterocycles. The topological polar surface area (TPSA) is 303 Å². The summed E-state index contributed by atoms with van der Waals surface area (Å²) in [4.78, 5) is 134. The van der Waals surface area contributed by atoms with Crippen LogP contribution >= 0.6 is 11.8 Å². The molecule has 3 aromatic rings. The molecular formula is C51H64FN9O13S. The molecule has 2 aromatic heterocycles. The summed E-state index contributed by atoms with van der Waals surface area (Å²) in [5.74, 6) is -5.72. The van der Waals surface area contributed by atoms with Crippen LogP contribution in [0, 0.1) is 18.7 Å². The number of halogens is 1. The number of rotatable bonds is 23. The number of carbonyl (C=O) groups is 9. The molecule has 7 rings (SSSR count). The number of thioether (sulfide) groups is 1. The number of fused-ring (bicyclic) bond motifs is 5. The Morgan fingerprint density at radius 1 is 0.907 bits per heavy atom. The zero-order valence-electron chi connectivity index (χ0n) is 42.8. The van der Waals surface area contributed by atoms with Crippen molar-refractivity contribution >= 4 is 75.9 Å². The first-order chi connectivity index (χ1) is 35.6. The maximum atomic E-state index is 15.3. The van der Waals surface area contributed by atoms with Crippen LogP contribution < -0.4 is 37.5 Å². The third kappa shape index (κ3) is 12.3. The lowest BCUT2D eigenvalue weighted by Gasteiger charge is -2.31. The molecule has 0 spiro atoms. The second-order valence-corrected chi connectivity index (χ2v) is 21.5. The lowest BCUT2D eigenvalue weighted by atomic mass is 9.81. The fourth-order valence-corrected chi connectivity index (χ4v) is 11.0. The molecule has 7 N–H and O–H groups in total. The van der Waals surface area contributed by atoms with E-state index in [1.807, 2.05) is 13.8 Å². The number of carbonyl (C=O) groups excluding carboxylic acids is 9. The number of aliphatic hydroxyl groups is 1. The Hall–Kier alpha value is -6.79. The van der Waals surface area contributed by atoms with Gasteiger partial charge in [0.1, 0.15) is 31.8 Å². The van der Waals surface area contributed by atoms with Crippen LogP contribution in [0.4, 0.5) is 4.39 Å². The second kappa shape index (κ2) is 23.8. The molecule has 404 valence electrons. The van der Waals surface area contributed by atoms with Crippen molar-refractivity contribution in [3.63, 3.8) is 0 Å². The van der Waals surface area contributed by atoms with Gasteiger partial charge in [-0.3, -0.25) is 48.1 Å². The molecule has 0 radical (unpaired) electrons. The molecule has 0 bridgehead atoms. The van der Waals surface area contributed by atoms with E-state index < -0.39 is 96.9 Å². The number of cyclic esters (lactones) is 1. The summed E-state index contributed by atoms with van der Waals surface area (Å²) in [5, 5.41) is 27.1. The average molecular weight is 1060 g/mol. The number of amides is 8. The first-order valence-corrected chi connectivity index (χ1v) is 26.1. The highest BCUT2D eigenvalue weighted by atomic mass is 32.2. The van der Waals surface area contributed by atoms with Gasteiger partial charge in [-0.2, -0.15) is 0 Å². The van der Waals surface area contributed by atoms with E-state index in [4.69, 9.17) is 14.5 Å². The van der Waals surface area contributed by atoms with Gasteiger partial charge in [-0.05, 0) is 73.0 Å².